The topological polar surface area (TPSA) is 70.4 Å². The van der Waals surface area contributed by atoms with Crippen LogP contribution >= 0.6 is 0 Å². The molecule has 0 aliphatic heterocycles. The van der Waals surface area contributed by atoms with E-state index in [0.717, 1.165) is 16.8 Å². The van der Waals surface area contributed by atoms with Crippen molar-refractivity contribution < 1.29 is 9.47 Å². The Hall–Kier alpha value is -3.46. The zero-order valence-electron chi connectivity index (χ0n) is 15.2. The van der Waals surface area contributed by atoms with Crippen molar-refractivity contribution in [1.29, 1.82) is 5.26 Å². The number of nitriles is 1. The standard InChI is InChI=1S/C20H20N4O2/c1-24(2)15-7-5-6-14(10-15)23-18-13(11-21)12-22-19-16(18)8-9-17(25-3)20(19)26-4/h5-10,12H,1-4H3,(H,22,23). The van der Waals surface area contributed by atoms with Crippen LogP contribution in [-0.4, -0.2) is 33.3 Å². The van der Waals surface area contributed by atoms with Crippen LogP contribution in [0.5, 0.6) is 11.5 Å². The second kappa shape index (κ2) is 7.19. The van der Waals surface area contributed by atoms with E-state index >= 15 is 0 Å². The van der Waals surface area contributed by atoms with Crippen molar-refractivity contribution in [3.63, 3.8) is 0 Å². The lowest BCUT2D eigenvalue weighted by molar-refractivity contribution is 0.358. The zero-order chi connectivity index (χ0) is 18.7. The number of hydrogen-bond donors (Lipinski definition) is 1. The molecule has 0 saturated carbocycles. The molecule has 0 amide bonds. The molecule has 0 aliphatic rings. The Balaban J connectivity index is 2.18. The third kappa shape index (κ3) is 3.07. The number of nitrogens with zero attached hydrogens (tertiary/aromatic N) is 3. The molecular formula is C20H20N4O2. The molecule has 0 atom stereocenters. The van der Waals surface area contributed by atoms with Gasteiger partial charge in [-0.05, 0) is 30.3 Å². The lowest BCUT2D eigenvalue weighted by Crippen LogP contribution is -2.08. The van der Waals surface area contributed by atoms with Crippen molar-refractivity contribution in [1.82, 2.24) is 4.98 Å². The van der Waals surface area contributed by atoms with Gasteiger partial charge in [0.1, 0.15) is 11.6 Å². The SMILES string of the molecule is COc1ccc2c(Nc3cccc(N(C)C)c3)c(C#N)cnc2c1OC. The molecule has 132 valence electrons. The van der Waals surface area contributed by atoms with Gasteiger partial charge in [-0.1, -0.05) is 6.07 Å². The van der Waals surface area contributed by atoms with Crippen LogP contribution in [0.1, 0.15) is 5.56 Å². The number of nitrogens with one attached hydrogen (secondary N) is 1. The molecule has 6 heteroatoms. The van der Waals surface area contributed by atoms with Gasteiger partial charge >= 0.3 is 0 Å². The number of fused-ring (bicyclic) bond motifs is 1. The Morgan fingerprint density at radius 2 is 1.92 bits per heavy atom. The summed E-state index contributed by atoms with van der Waals surface area (Å²) in [6, 6.07) is 13.9. The minimum absolute atomic E-state index is 0.458. The third-order valence-corrected chi connectivity index (χ3v) is 4.13. The summed E-state index contributed by atoms with van der Waals surface area (Å²) in [6.45, 7) is 0. The van der Waals surface area contributed by atoms with Crippen molar-refractivity contribution in [2.45, 2.75) is 0 Å². The highest BCUT2D eigenvalue weighted by Crippen LogP contribution is 2.39. The molecule has 3 aromatic rings. The lowest BCUT2D eigenvalue weighted by atomic mass is 10.1. The van der Waals surface area contributed by atoms with Gasteiger partial charge in [-0.2, -0.15) is 5.26 Å². The number of pyridine rings is 1. The van der Waals surface area contributed by atoms with Crippen LogP contribution in [0.25, 0.3) is 10.9 Å². The summed E-state index contributed by atoms with van der Waals surface area (Å²) in [5.74, 6) is 1.14. The third-order valence-electron chi connectivity index (χ3n) is 4.13. The maximum absolute atomic E-state index is 9.53. The van der Waals surface area contributed by atoms with Crippen LogP contribution in [-0.2, 0) is 0 Å². The predicted octanol–water partition coefficient (Wildman–Crippen LogP) is 3.93. The maximum Gasteiger partial charge on any atom is 0.187 e. The summed E-state index contributed by atoms with van der Waals surface area (Å²) in [5, 5.41) is 13.7. The molecule has 3 rings (SSSR count). The maximum atomic E-state index is 9.53. The van der Waals surface area contributed by atoms with E-state index in [9.17, 15) is 5.26 Å². The molecule has 1 N–H and O–H groups in total. The van der Waals surface area contributed by atoms with Gasteiger partial charge in [0.2, 0.25) is 0 Å². The number of methoxy groups -OCH3 is 2. The van der Waals surface area contributed by atoms with Crippen molar-refractivity contribution >= 4 is 28.0 Å². The summed E-state index contributed by atoms with van der Waals surface area (Å²) < 4.78 is 10.8. The van der Waals surface area contributed by atoms with Crippen molar-refractivity contribution in [2.75, 3.05) is 38.5 Å². The molecule has 2 aromatic carbocycles. The fraction of sp³-hybridized carbons (Fsp3) is 0.200. The first-order chi connectivity index (χ1) is 12.6. The summed E-state index contributed by atoms with van der Waals surface area (Å²) in [6.07, 6.45) is 1.54. The zero-order valence-corrected chi connectivity index (χ0v) is 15.2. The van der Waals surface area contributed by atoms with Crippen molar-refractivity contribution in [3.8, 4) is 17.6 Å². The molecule has 0 spiro atoms. The molecular weight excluding hydrogens is 328 g/mol. The number of hydrogen-bond acceptors (Lipinski definition) is 6. The highest BCUT2D eigenvalue weighted by molar-refractivity contribution is 6.00. The van der Waals surface area contributed by atoms with Gasteiger partial charge in [0, 0.05) is 37.1 Å². The van der Waals surface area contributed by atoms with E-state index in [4.69, 9.17) is 9.47 Å². The fourth-order valence-electron chi connectivity index (χ4n) is 2.80. The number of ether oxygens (including phenoxy) is 2. The summed E-state index contributed by atoms with van der Waals surface area (Å²) >= 11 is 0. The molecule has 1 aromatic heterocycles. The van der Waals surface area contributed by atoms with E-state index in [-0.39, 0.29) is 0 Å². The molecule has 0 unspecified atom stereocenters. The van der Waals surface area contributed by atoms with E-state index < -0.39 is 0 Å². The number of aromatic nitrogens is 1. The average Bonchev–Trinajstić information content (AvgIpc) is 2.67. The molecule has 6 nitrogen and oxygen atoms in total. The van der Waals surface area contributed by atoms with Crippen LogP contribution in [0.4, 0.5) is 17.1 Å². The minimum atomic E-state index is 0.458. The minimum Gasteiger partial charge on any atom is -0.493 e. The number of anilines is 3. The first-order valence-corrected chi connectivity index (χ1v) is 8.07. The normalized spacial score (nSPS) is 10.3. The monoisotopic (exact) mass is 348 g/mol. The Labute approximate surface area is 152 Å². The van der Waals surface area contributed by atoms with Gasteiger partial charge in [-0.3, -0.25) is 4.98 Å². The largest absolute Gasteiger partial charge is 0.493 e. The van der Waals surface area contributed by atoms with E-state index in [2.05, 4.69) is 16.4 Å². The van der Waals surface area contributed by atoms with E-state index in [1.54, 1.807) is 20.4 Å². The van der Waals surface area contributed by atoms with Crippen molar-refractivity contribution in [2.24, 2.45) is 0 Å². The van der Waals surface area contributed by atoms with Gasteiger partial charge < -0.3 is 19.7 Å². The molecule has 1 heterocycles. The van der Waals surface area contributed by atoms with E-state index in [0.29, 0.717) is 28.3 Å². The Morgan fingerprint density at radius 1 is 1.12 bits per heavy atom. The van der Waals surface area contributed by atoms with Crippen LogP contribution < -0.4 is 19.7 Å². The number of rotatable bonds is 5. The summed E-state index contributed by atoms with van der Waals surface area (Å²) in [7, 11) is 7.13. The molecule has 0 aliphatic carbocycles. The van der Waals surface area contributed by atoms with Crippen LogP contribution in [0.2, 0.25) is 0 Å². The van der Waals surface area contributed by atoms with Crippen LogP contribution in [0.15, 0.2) is 42.6 Å². The lowest BCUT2D eigenvalue weighted by Gasteiger charge is -2.17. The van der Waals surface area contributed by atoms with E-state index in [1.165, 1.54) is 0 Å². The average molecular weight is 348 g/mol. The van der Waals surface area contributed by atoms with Gasteiger partial charge in [0.25, 0.3) is 0 Å². The predicted molar refractivity (Wildman–Crippen MR) is 104 cm³/mol. The quantitative estimate of drug-likeness (QED) is 0.753. The molecule has 0 fully saturated rings. The Bertz CT molecular complexity index is 993. The molecule has 0 saturated heterocycles. The van der Waals surface area contributed by atoms with Gasteiger partial charge in [0.15, 0.2) is 11.5 Å². The highest BCUT2D eigenvalue weighted by Gasteiger charge is 2.16. The summed E-state index contributed by atoms with van der Waals surface area (Å²) in [4.78, 5) is 6.43. The van der Waals surface area contributed by atoms with E-state index in [1.807, 2.05) is 55.4 Å². The molecule has 26 heavy (non-hydrogen) atoms. The Morgan fingerprint density at radius 3 is 2.58 bits per heavy atom. The summed E-state index contributed by atoms with van der Waals surface area (Å²) in [5.41, 5.74) is 3.73. The first kappa shape index (κ1) is 17.4. The van der Waals surface area contributed by atoms with Crippen molar-refractivity contribution in [3.05, 3.63) is 48.2 Å². The van der Waals surface area contributed by atoms with Gasteiger partial charge in [-0.25, -0.2) is 0 Å². The number of benzene rings is 2. The Kier molecular flexibility index (Phi) is 4.81. The smallest absolute Gasteiger partial charge is 0.187 e. The molecule has 0 radical (unpaired) electrons. The van der Waals surface area contributed by atoms with Gasteiger partial charge in [-0.15, -0.1) is 0 Å². The van der Waals surface area contributed by atoms with Crippen LogP contribution in [0, 0.1) is 11.3 Å². The second-order valence-corrected chi connectivity index (χ2v) is 5.93. The second-order valence-electron chi connectivity index (χ2n) is 5.93. The molecule has 0 bridgehead atoms. The highest BCUT2D eigenvalue weighted by atomic mass is 16.5. The van der Waals surface area contributed by atoms with Gasteiger partial charge in [0.05, 0.1) is 25.5 Å². The van der Waals surface area contributed by atoms with Crippen LogP contribution in [0.3, 0.4) is 0 Å². The fourth-order valence-corrected chi connectivity index (χ4v) is 2.80. The first-order valence-electron chi connectivity index (χ1n) is 8.07.